The molecule has 0 unspecified atom stereocenters. The molecule has 3 aromatic rings. The number of rotatable bonds is 8. The molecule has 3 rings (SSSR count). The maximum Gasteiger partial charge on any atom is 0.353 e. The Bertz CT molecular complexity index is 895. The van der Waals surface area contributed by atoms with E-state index in [9.17, 15) is 10.1 Å². The van der Waals surface area contributed by atoms with E-state index in [1.165, 1.54) is 16.8 Å². The first kappa shape index (κ1) is 18.8. The second kappa shape index (κ2) is 8.59. The van der Waals surface area contributed by atoms with Gasteiger partial charge in [0.2, 0.25) is 11.6 Å². The van der Waals surface area contributed by atoms with Gasteiger partial charge in [-0.2, -0.15) is 0 Å². The Morgan fingerprint density at radius 3 is 2.52 bits per heavy atom. The van der Waals surface area contributed by atoms with Crippen LogP contribution >= 0.6 is 11.3 Å². The van der Waals surface area contributed by atoms with Crippen molar-refractivity contribution in [1.82, 2.24) is 9.97 Å². The van der Waals surface area contributed by atoms with Gasteiger partial charge >= 0.3 is 5.69 Å². The topological polar surface area (TPSA) is 93.0 Å². The molecule has 7 nitrogen and oxygen atoms in total. The van der Waals surface area contributed by atoms with Crippen LogP contribution in [0.5, 0.6) is 0 Å². The average Bonchev–Trinajstić information content (AvgIpc) is 3.15. The molecule has 0 aliphatic rings. The molecule has 0 amide bonds. The van der Waals surface area contributed by atoms with Crippen molar-refractivity contribution in [3.8, 4) is 0 Å². The zero-order valence-corrected chi connectivity index (χ0v) is 16.0. The first-order valence-electron chi connectivity index (χ1n) is 8.67. The molecular weight excluding hydrogens is 362 g/mol. The van der Waals surface area contributed by atoms with Crippen LogP contribution in [0.4, 0.5) is 23.0 Å². The van der Waals surface area contributed by atoms with E-state index in [0.29, 0.717) is 12.5 Å². The molecule has 0 bridgehead atoms. The van der Waals surface area contributed by atoms with Gasteiger partial charge in [-0.15, -0.1) is 11.3 Å². The summed E-state index contributed by atoms with van der Waals surface area (Å²) in [7, 11) is 0. The lowest BCUT2D eigenvalue weighted by molar-refractivity contribution is -0.383. The Kier molecular flexibility index (Phi) is 5.97. The van der Waals surface area contributed by atoms with Crippen LogP contribution in [0.3, 0.4) is 0 Å². The van der Waals surface area contributed by atoms with E-state index in [1.807, 2.05) is 41.8 Å². The molecule has 0 atom stereocenters. The van der Waals surface area contributed by atoms with Crippen molar-refractivity contribution in [1.29, 1.82) is 0 Å². The van der Waals surface area contributed by atoms with Gasteiger partial charge in [0.1, 0.15) is 6.33 Å². The Hall–Kier alpha value is -3.00. The first-order chi connectivity index (χ1) is 13.0. The van der Waals surface area contributed by atoms with Crippen LogP contribution in [0.25, 0.3) is 0 Å². The SMILES string of the molecule is CC(C)c1ccc(Nc2ncnc(NCCc3cccs3)c2[N+](=O)[O-])cc1. The number of nitro groups is 1. The van der Waals surface area contributed by atoms with E-state index in [0.717, 1.165) is 12.1 Å². The third kappa shape index (κ3) is 4.79. The number of aromatic nitrogens is 2. The highest BCUT2D eigenvalue weighted by atomic mass is 32.1. The highest BCUT2D eigenvalue weighted by Gasteiger charge is 2.23. The third-order valence-corrected chi connectivity index (χ3v) is 5.03. The highest BCUT2D eigenvalue weighted by Crippen LogP contribution is 2.31. The second-order valence-electron chi connectivity index (χ2n) is 6.33. The summed E-state index contributed by atoms with van der Waals surface area (Å²) in [6.07, 6.45) is 2.10. The molecule has 8 heteroatoms. The van der Waals surface area contributed by atoms with Gasteiger partial charge in [-0.05, 0) is 41.5 Å². The van der Waals surface area contributed by atoms with Gasteiger partial charge in [0.25, 0.3) is 0 Å². The van der Waals surface area contributed by atoms with Crippen LogP contribution in [0.2, 0.25) is 0 Å². The van der Waals surface area contributed by atoms with E-state index in [-0.39, 0.29) is 17.3 Å². The minimum absolute atomic E-state index is 0.156. The Balaban J connectivity index is 1.77. The zero-order chi connectivity index (χ0) is 19.2. The largest absolute Gasteiger partial charge is 0.364 e. The Labute approximate surface area is 161 Å². The molecule has 0 aliphatic carbocycles. The minimum Gasteiger partial charge on any atom is -0.364 e. The van der Waals surface area contributed by atoms with Crippen molar-refractivity contribution >= 4 is 34.3 Å². The summed E-state index contributed by atoms with van der Waals surface area (Å²) in [6, 6.07) is 11.8. The van der Waals surface area contributed by atoms with Crippen molar-refractivity contribution < 1.29 is 4.92 Å². The summed E-state index contributed by atoms with van der Waals surface area (Å²) in [5.41, 5.74) is 1.79. The summed E-state index contributed by atoms with van der Waals surface area (Å²) in [4.78, 5) is 20.5. The summed E-state index contributed by atoms with van der Waals surface area (Å²) >= 11 is 1.66. The molecule has 1 aromatic carbocycles. The predicted molar refractivity (Wildman–Crippen MR) is 109 cm³/mol. The lowest BCUT2D eigenvalue weighted by Gasteiger charge is -2.11. The lowest BCUT2D eigenvalue weighted by atomic mass is 10.0. The van der Waals surface area contributed by atoms with Crippen LogP contribution in [-0.2, 0) is 6.42 Å². The zero-order valence-electron chi connectivity index (χ0n) is 15.2. The first-order valence-corrected chi connectivity index (χ1v) is 9.55. The maximum atomic E-state index is 11.6. The third-order valence-electron chi connectivity index (χ3n) is 4.09. The molecule has 0 radical (unpaired) electrons. The molecule has 2 aromatic heterocycles. The summed E-state index contributed by atoms with van der Waals surface area (Å²) < 4.78 is 0. The monoisotopic (exact) mass is 383 g/mol. The van der Waals surface area contributed by atoms with Gasteiger partial charge in [0.05, 0.1) is 4.92 Å². The maximum absolute atomic E-state index is 11.6. The fourth-order valence-corrected chi connectivity index (χ4v) is 3.33. The standard InChI is InChI=1S/C19H21N5O2S/c1-13(2)14-5-7-15(8-6-14)23-19-17(24(25)26)18(21-12-22-19)20-10-9-16-4-3-11-27-16/h3-8,11-13H,9-10H2,1-2H3,(H2,20,21,22,23). The smallest absolute Gasteiger partial charge is 0.353 e. The number of hydrogen-bond acceptors (Lipinski definition) is 7. The fraction of sp³-hybridized carbons (Fsp3) is 0.263. The quantitative estimate of drug-likeness (QED) is 0.421. The van der Waals surface area contributed by atoms with Crippen LogP contribution in [0.15, 0.2) is 48.1 Å². The number of anilines is 3. The number of nitrogens with zero attached hydrogens (tertiary/aromatic N) is 3. The summed E-state index contributed by atoms with van der Waals surface area (Å²) in [5.74, 6) is 0.811. The molecule has 0 saturated carbocycles. The number of benzene rings is 1. The van der Waals surface area contributed by atoms with Gasteiger partial charge in [0, 0.05) is 17.1 Å². The summed E-state index contributed by atoms with van der Waals surface area (Å²) in [5, 5.41) is 19.7. The second-order valence-corrected chi connectivity index (χ2v) is 7.37. The van der Waals surface area contributed by atoms with Crippen LogP contribution < -0.4 is 10.6 Å². The normalized spacial score (nSPS) is 10.8. The Morgan fingerprint density at radius 2 is 1.89 bits per heavy atom. The van der Waals surface area contributed by atoms with Crippen molar-refractivity contribution in [3.05, 3.63) is 68.7 Å². The van der Waals surface area contributed by atoms with Gasteiger partial charge in [0.15, 0.2) is 0 Å². The molecule has 0 spiro atoms. The van der Waals surface area contributed by atoms with Crippen molar-refractivity contribution in [2.24, 2.45) is 0 Å². The van der Waals surface area contributed by atoms with Gasteiger partial charge < -0.3 is 10.6 Å². The number of nitrogens with one attached hydrogen (secondary N) is 2. The lowest BCUT2D eigenvalue weighted by Crippen LogP contribution is -2.10. The van der Waals surface area contributed by atoms with Crippen molar-refractivity contribution in [3.63, 3.8) is 0 Å². The summed E-state index contributed by atoms with van der Waals surface area (Å²) in [6.45, 7) is 4.79. The number of thiophene rings is 1. The molecule has 0 saturated heterocycles. The molecule has 27 heavy (non-hydrogen) atoms. The van der Waals surface area contributed by atoms with Crippen LogP contribution in [0, 0.1) is 10.1 Å². The van der Waals surface area contributed by atoms with Gasteiger partial charge in [-0.3, -0.25) is 10.1 Å². The molecule has 0 aliphatic heterocycles. The van der Waals surface area contributed by atoms with Gasteiger partial charge in [-0.1, -0.05) is 32.0 Å². The number of hydrogen-bond donors (Lipinski definition) is 2. The average molecular weight is 383 g/mol. The molecule has 140 valence electrons. The molecular formula is C19H21N5O2S. The van der Waals surface area contributed by atoms with E-state index in [4.69, 9.17) is 0 Å². The van der Waals surface area contributed by atoms with E-state index < -0.39 is 4.92 Å². The van der Waals surface area contributed by atoms with Crippen molar-refractivity contribution in [2.45, 2.75) is 26.2 Å². The fourth-order valence-electron chi connectivity index (χ4n) is 2.62. The minimum atomic E-state index is -0.460. The van der Waals surface area contributed by atoms with E-state index in [1.54, 1.807) is 11.3 Å². The van der Waals surface area contributed by atoms with E-state index >= 15 is 0 Å². The van der Waals surface area contributed by atoms with E-state index in [2.05, 4.69) is 34.4 Å². The predicted octanol–water partition coefficient (Wildman–Crippen LogP) is 4.97. The molecule has 2 N–H and O–H groups in total. The molecule has 2 heterocycles. The van der Waals surface area contributed by atoms with Crippen molar-refractivity contribution in [2.75, 3.05) is 17.2 Å². The van der Waals surface area contributed by atoms with Crippen LogP contribution in [0.1, 0.15) is 30.2 Å². The highest BCUT2D eigenvalue weighted by molar-refractivity contribution is 7.09. The molecule has 0 fully saturated rings. The van der Waals surface area contributed by atoms with Crippen LogP contribution in [-0.4, -0.2) is 21.4 Å². The van der Waals surface area contributed by atoms with Gasteiger partial charge in [-0.25, -0.2) is 9.97 Å². The Morgan fingerprint density at radius 1 is 1.15 bits per heavy atom.